The fraction of sp³-hybridized carbons (Fsp3) is 0.143. The van der Waals surface area contributed by atoms with Crippen LogP contribution in [0.25, 0.3) is 10.8 Å². The lowest BCUT2D eigenvalue weighted by Gasteiger charge is -2.04. The summed E-state index contributed by atoms with van der Waals surface area (Å²) in [7, 11) is 0. The third-order valence-electron chi connectivity index (χ3n) is 2.72. The van der Waals surface area contributed by atoms with Gasteiger partial charge in [0.15, 0.2) is 0 Å². The first-order valence-corrected chi connectivity index (χ1v) is 7.10. The highest BCUT2D eigenvalue weighted by atomic mass is 32.1. The van der Waals surface area contributed by atoms with Crippen LogP contribution in [-0.4, -0.2) is 16.4 Å². The summed E-state index contributed by atoms with van der Waals surface area (Å²) in [5, 5.41) is 5.99. The maximum Gasteiger partial charge on any atom is 0.437 e. The summed E-state index contributed by atoms with van der Waals surface area (Å²) >= 11 is 1.44. The zero-order chi connectivity index (χ0) is 14.7. The molecule has 0 saturated carbocycles. The standard InChI is InChI=1S/C14H11FN2O3S/c15-10-3-5-11(6-4-10)19-8-7-17-14(18)20-13(16-17)12-2-1-9-21-12/h1-6,9H,7-8H2. The molecule has 0 unspecified atom stereocenters. The van der Waals surface area contributed by atoms with Crippen LogP contribution < -0.4 is 10.5 Å². The van der Waals surface area contributed by atoms with Gasteiger partial charge in [0.05, 0.1) is 11.4 Å². The van der Waals surface area contributed by atoms with E-state index in [0.29, 0.717) is 11.6 Å². The van der Waals surface area contributed by atoms with Crippen molar-refractivity contribution in [3.05, 3.63) is 58.1 Å². The molecule has 0 radical (unpaired) electrons. The number of benzene rings is 1. The predicted octanol–water partition coefficient (Wildman–Crippen LogP) is 2.78. The average Bonchev–Trinajstić information content (AvgIpc) is 3.11. The maximum atomic E-state index is 12.7. The fourth-order valence-corrected chi connectivity index (χ4v) is 2.37. The van der Waals surface area contributed by atoms with Gasteiger partial charge in [-0.2, -0.15) is 4.68 Å². The molecule has 0 atom stereocenters. The second kappa shape index (κ2) is 5.92. The minimum absolute atomic E-state index is 0.238. The summed E-state index contributed by atoms with van der Waals surface area (Å²) in [4.78, 5) is 12.5. The Bertz CT molecular complexity index is 762. The van der Waals surface area contributed by atoms with Crippen LogP contribution in [0.2, 0.25) is 0 Å². The van der Waals surface area contributed by atoms with Gasteiger partial charge in [0.2, 0.25) is 0 Å². The van der Waals surface area contributed by atoms with Crippen molar-refractivity contribution in [3.63, 3.8) is 0 Å². The van der Waals surface area contributed by atoms with Crippen molar-refractivity contribution < 1.29 is 13.5 Å². The normalized spacial score (nSPS) is 10.7. The van der Waals surface area contributed by atoms with Crippen LogP contribution in [0.1, 0.15) is 0 Å². The van der Waals surface area contributed by atoms with Gasteiger partial charge in [-0.3, -0.25) is 0 Å². The topological polar surface area (TPSA) is 57.3 Å². The Hall–Kier alpha value is -2.41. The second-order valence-corrected chi connectivity index (χ2v) is 5.12. The molecule has 2 heterocycles. The molecule has 5 nitrogen and oxygen atoms in total. The highest BCUT2D eigenvalue weighted by Crippen LogP contribution is 2.21. The van der Waals surface area contributed by atoms with Crippen LogP contribution in [-0.2, 0) is 6.54 Å². The lowest BCUT2D eigenvalue weighted by atomic mass is 10.3. The molecule has 108 valence electrons. The van der Waals surface area contributed by atoms with E-state index in [9.17, 15) is 9.18 Å². The molecule has 0 saturated heterocycles. The molecule has 3 aromatic rings. The fourth-order valence-electron chi connectivity index (χ4n) is 1.73. The molecule has 0 fully saturated rings. The van der Waals surface area contributed by atoms with Crippen molar-refractivity contribution >= 4 is 11.3 Å². The van der Waals surface area contributed by atoms with Crippen LogP contribution >= 0.6 is 11.3 Å². The van der Waals surface area contributed by atoms with E-state index in [0.717, 1.165) is 4.88 Å². The minimum Gasteiger partial charge on any atom is -0.492 e. The second-order valence-electron chi connectivity index (χ2n) is 4.18. The Morgan fingerprint density at radius 2 is 2.10 bits per heavy atom. The smallest absolute Gasteiger partial charge is 0.437 e. The monoisotopic (exact) mass is 306 g/mol. The van der Waals surface area contributed by atoms with E-state index in [-0.39, 0.29) is 19.0 Å². The SMILES string of the molecule is O=c1oc(-c2cccs2)nn1CCOc1ccc(F)cc1. The molecular formula is C14H11FN2O3S. The quantitative estimate of drug-likeness (QED) is 0.727. The number of hydrogen-bond acceptors (Lipinski definition) is 5. The minimum atomic E-state index is -0.527. The molecule has 0 amide bonds. The molecular weight excluding hydrogens is 295 g/mol. The predicted molar refractivity (Wildman–Crippen MR) is 76.0 cm³/mol. The summed E-state index contributed by atoms with van der Waals surface area (Å²) in [6, 6.07) is 9.36. The number of rotatable bonds is 5. The third-order valence-corrected chi connectivity index (χ3v) is 3.58. The molecule has 7 heteroatoms. The first-order chi connectivity index (χ1) is 10.2. The largest absolute Gasteiger partial charge is 0.492 e. The maximum absolute atomic E-state index is 12.7. The van der Waals surface area contributed by atoms with Crippen LogP contribution in [0, 0.1) is 5.82 Å². The van der Waals surface area contributed by atoms with E-state index in [2.05, 4.69) is 5.10 Å². The zero-order valence-corrected chi connectivity index (χ0v) is 11.7. The molecule has 0 aliphatic heterocycles. The van der Waals surface area contributed by atoms with Crippen LogP contribution in [0.5, 0.6) is 5.75 Å². The number of aromatic nitrogens is 2. The van der Waals surface area contributed by atoms with Gasteiger partial charge in [0.25, 0.3) is 5.89 Å². The molecule has 3 rings (SSSR count). The number of ether oxygens (including phenoxy) is 1. The molecule has 21 heavy (non-hydrogen) atoms. The molecule has 0 spiro atoms. The zero-order valence-electron chi connectivity index (χ0n) is 10.9. The van der Waals surface area contributed by atoms with E-state index >= 15 is 0 Å². The Morgan fingerprint density at radius 3 is 2.81 bits per heavy atom. The summed E-state index contributed by atoms with van der Waals surface area (Å²) in [5.41, 5.74) is 0. The van der Waals surface area contributed by atoms with Gasteiger partial charge in [-0.05, 0) is 35.7 Å². The van der Waals surface area contributed by atoms with Crippen molar-refractivity contribution in [2.75, 3.05) is 6.61 Å². The van der Waals surface area contributed by atoms with Gasteiger partial charge >= 0.3 is 5.76 Å². The molecule has 2 aromatic heterocycles. The summed E-state index contributed by atoms with van der Waals surface area (Å²) in [5.74, 6) is -0.0139. The molecule has 0 N–H and O–H groups in total. The van der Waals surface area contributed by atoms with Gasteiger partial charge in [-0.25, -0.2) is 9.18 Å². The number of hydrogen-bond donors (Lipinski definition) is 0. The van der Waals surface area contributed by atoms with Crippen LogP contribution in [0.3, 0.4) is 0 Å². The Morgan fingerprint density at radius 1 is 1.29 bits per heavy atom. The van der Waals surface area contributed by atoms with Gasteiger partial charge in [-0.1, -0.05) is 6.07 Å². The number of thiophene rings is 1. The number of halogens is 1. The summed E-state index contributed by atoms with van der Waals surface area (Å²) in [6.45, 7) is 0.493. The molecule has 0 bridgehead atoms. The Balaban J connectivity index is 1.63. The van der Waals surface area contributed by atoms with Crippen molar-refractivity contribution in [1.29, 1.82) is 0 Å². The van der Waals surface area contributed by atoms with E-state index in [1.54, 1.807) is 0 Å². The first kappa shape index (κ1) is 13.6. The van der Waals surface area contributed by atoms with E-state index in [1.165, 1.54) is 40.3 Å². The lowest BCUT2D eigenvalue weighted by molar-refractivity contribution is 0.285. The summed E-state index contributed by atoms with van der Waals surface area (Å²) < 4.78 is 24.4. The van der Waals surface area contributed by atoms with E-state index < -0.39 is 5.76 Å². The molecule has 1 aromatic carbocycles. The van der Waals surface area contributed by atoms with Crippen molar-refractivity contribution in [3.8, 4) is 16.5 Å². The van der Waals surface area contributed by atoms with Crippen molar-refractivity contribution in [2.45, 2.75) is 6.54 Å². The van der Waals surface area contributed by atoms with Crippen molar-refractivity contribution in [2.24, 2.45) is 0 Å². The van der Waals surface area contributed by atoms with Gasteiger partial charge in [0.1, 0.15) is 18.2 Å². The van der Waals surface area contributed by atoms with Crippen LogP contribution in [0.15, 0.2) is 51.0 Å². The first-order valence-electron chi connectivity index (χ1n) is 6.22. The van der Waals surface area contributed by atoms with Gasteiger partial charge in [0, 0.05) is 0 Å². The molecule has 0 aliphatic rings. The van der Waals surface area contributed by atoms with Gasteiger partial charge in [-0.15, -0.1) is 16.4 Å². The van der Waals surface area contributed by atoms with E-state index in [1.807, 2.05) is 17.5 Å². The van der Waals surface area contributed by atoms with Crippen molar-refractivity contribution in [1.82, 2.24) is 9.78 Å². The average molecular weight is 306 g/mol. The van der Waals surface area contributed by atoms with Gasteiger partial charge < -0.3 is 9.15 Å². The lowest BCUT2D eigenvalue weighted by Crippen LogP contribution is -2.20. The van der Waals surface area contributed by atoms with Crippen LogP contribution in [0.4, 0.5) is 4.39 Å². The Kier molecular flexibility index (Phi) is 3.83. The van der Waals surface area contributed by atoms with E-state index in [4.69, 9.17) is 9.15 Å². The molecule has 0 aliphatic carbocycles. The number of nitrogens with zero attached hydrogens (tertiary/aromatic N) is 2. The Labute approximate surface area is 123 Å². The third kappa shape index (κ3) is 3.19. The highest BCUT2D eigenvalue weighted by molar-refractivity contribution is 7.13. The highest BCUT2D eigenvalue weighted by Gasteiger charge is 2.10. The summed E-state index contributed by atoms with van der Waals surface area (Å²) in [6.07, 6.45) is 0.